The third kappa shape index (κ3) is 3.73. The third-order valence-corrected chi connectivity index (χ3v) is 5.13. The molecular formula is C22H24FN3O2. The van der Waals surface area contributed by atoms with Gasteiger partial charge in [-0.3, -0.25) is 9.69 Å². The molecule has 146 valence electrons. The fourth-order valence-corrected chi connectivity index (χ4v) is 3.71. The summed E-state index contributed by atoms with van der Waals surface area (Å²) in [7, 11) is 0. The van der Waals surface area contributed by atoms with Crippen LogP contribution in [0.25, 0.3) is 11.8 Å². The Morgan fingerprint density at radius 1 is 1.07 bits per heavy atom. The number of rotatable bonds is 4. The molecule has 0 atom stereocenters. The van der Waals surface area contributed by atoms with Crippen LogP contribution in [0.3, 0.4) is 0 Å². The molecule has 2 aliphatic rings. The van der Waals surface area contributed by atoms with Gasteiger partial charge in [0.25, 0.3) is 0 Å². The first kappa shape index (κ1) is 18.5. The Morgan fingerprint density at radius 3 is 2.61 bits per heavy atom. The number of likely N-dealkylation sites (N-methyl/N-ethyl adjacent to an activating group) is 1. The van der Waals surface area contributed by atoms with Gasteiger partial charge in [-0.2, -0.15) is 0 Å². The highest BCUT2D eigenvalue weighted by Gasteiger charge is 2.25. The van der Waals surface area contributed by atoms with E-state index in [1.54, 1.807) is 12.1 Å². The highest BCUT2D eigenvalue weighted by molar-refractivity contribution is 5.86. The Labute approximate surface area is 164 Å². The predicted octanol–water partition coefficient (Wildman–Crippen LogP) is 3.18. The first-order chi connectivity index (χ1) is 13.7. The zero-order valence-electron chi connectivity index (χ0n) is 16.0. The number of piperazine rings is 1. The fraction of sp³-hybridized carbons (Fsp3) is 0.318. The van der Waals surface area contributed by atoms with Crippen molar-refractivity contribution in [1.29, 1.82) is 0 Å². The maximum atomic E-state index is 14.5. The number of hydrogen-bond donors (Lipinski definition) is 1. The molecule has 28 heavy (non-hydrogen) atoms. The highest BCUT2D eigenvalue weighted by Crippen LogP contribution is 2.40. The van der Waals surface area contributed by atoms with E-state index in [1.165, 1.54) is 6.07 Å². The van der Waals surface area contributed by atoms with Gasteiger partial charge in [0.15, 0.2) is 0 Å². The fourth-order valence-electron chi connectivity index (χ4n) is 3.71. The molecule has 4 rings (SSSR count). The second-order valence-corrected chi connectivity index (χ2v) is 7.00. The van der Waals surface area contributed by atoms with Crippen LogP contribution in [0.1, 0.15) is 18.1 Å². The lowest BCUT2D eigenvalue weighted by Crippen LogP contribution is -2.48. The van der Waals surface area contributed by atoms with Crippen molar-refractivity contribution in [1.82, 2.24) is 15.1 Å². The van der Waals surface area contributed by atoms with E-state index >= 15 is 0 Å². The number of ether oxygens (including phenoxy) is 1. The van der Waals surface area contributed by atoms with Crippen molar-refractivity contribution in [3.05, 3.63) is 59.4 Å². The maximum Gasteiger partial charge on any atom is 0.234 e. The minimum atomic E-state index is -0.294. The number of halogens is 1. The van der Waals surface area contributed by atoms with Gasteiger partial charge in [-0.15, -0.1) is 0 Å². The Hall–Kier alpha value is -2.86. The number of benzene rings is 2. The first-order valence-electron chi connectivity index (χ1n) is 9.67. The summed E-state index contributed by atoms with van der Waals surface area (Å²) in [5.74, 6) is 1.01. The minimum Gasteiger partial charge on any atom is -0.456 e. The normalized spacial score (nSPS) is 16.4. The van der Waals surface area contributed by atoms with Crippen molar-refractivity contribution in [3.8, 4) is 11.5 Å². The van der Waals surface area contributed by atoms with Gasteiger partial charge < -0.3 is 15.0 Å². The highest BCUT2D eigenvalue weighted by atomic mass is 19.1. The summed E-state index contributed by atoms with van der Waals surface area (Å²) in [6.07, 6.45) is 1.88. The lowest BCUT2D eigenvalue weighted by Gasteiger charge is -2.37. The molecule has 2 heterocycles. The van der Waals surface area contributed by atoms with Crippen molar-refractivity contribution in [2.75, 3.05) is 39.3 Å². The molecule has 2 aromatic rings. The summed E-state index contributed by atoms with van der Waals surface area (Å²) >= 11 is 0. The topological polar surface area (TPSA) is 44.8 Å². The summed E-state index contributed by atoms with van der Waals surface area (Å²) < 4.78 is 20.5. The van der Waals surface area contributed by atoms with Crippen LogP contribution >= 0.6 is 0 Å². The van der Waals surface area contributed by atoms with Crippen LogP contribution in [0, 0.1) is 5.82 Å². The zero-order chi connectivity index (χ0) is 19.5. The smallest absolute Gasteiger partial charge is 0.234 e. The quantitative estimate of drug-likeness (QED) is 0.884. The second-order valence-electron chi connectivity index (χ2n) is 7.00. The van der Waals surface area contributed by atoms with Crippen LogP contribution in [-0.2, 0) is 4.79 Å². The molecule has 0 saturated carbocycles. The van der Waals surface area contributed by atoms with Crippen LogP contribution in [0.15, 0.2) is 42.5 Å². The standard InChI is InChI=1S/C22H24FN3O2/c1-2-24-22(27)15-25-10-12-26(13-11-25)19-14-17-18(23)7-5-9-21(17)28-20-8-4-3-6-16(19)20/h3-9,14H,2,10-13,15H2,1H3,(H,24,27). The Kier molecular flexibility index (Phi) is 5.30. The number of fused-ring (bicyclic) bond motifs is 2. The lowest BCUT2D eigenvalue weighted by molar-refractivity contribution is -0.122. The van der Waals surface area contributed by atoms with Gasteiger partial charge in [-0.25, -0.2) is 4.39 Å². The zero-order valence-corrected chi connectivity index (χ0v) is 16.0. The third-order valence-electron chi connectivity index (χ3n) is 5.13. The molecule has 0 bridgehead atoms. The number of carbonyl (C=O) groups excluding carboxylic acids is 1. The largest absolute Gasteiger partial charge is 0.456 e. The number of amides is 1. The molecule has 5 nitrogen and oxygen atoms in total. The van der Waals surface area contributed by atoms with Gasteiger partial charge in [0, 0.05) is 44.0 Å². The van der Waals surface area contributed by atoms with Crippen LogP contribution in [0.4, 0.5) is 4.39 Å². The van der Waals surface area contributed by atoms with Gasteiger partial charge in [0.05, 0.1) is 12.1 Å². The van der Waals surface area contributed by atoms with Gasteiger partial charge >= 0.3 is 0 Å². The summed E-state index contributed by atoms with van der Waals surface area (Å²) in [4.78, 5) is 16.2. The first-order valence-corrected chi connectivity index (χ1v) is 9.67. The van der Waals surface area contributed by atoms with Gasteiger partial charge in [-0.1, -0.05) is 18.2 Å². The number of nitrogens with zero attached hydrogens (tertiary/aromatic N) is 2. The average molecular weight is 381 g/mol. The molecule has 2 aromatic carbocycles. The Balaban J connectivity index is 1.60. The number of nitrogens with one attached hydrogen (secondary N) is 1. The van der Waals surface area contributed by atoms with E-state index in [9.17, 15) is 9.18 Å². The van der Waals surface area contributed by atoms with E-state index in [4.69, 9.17) is 4.74 Å². The molecule has 0 aromatic heterocycles. The van der Waals surface area contributed by atoms with Gasteiger partial charge in [-0.05, 0) is 37.3 Å². The molecule has 1 fully saturated rings. The monoisotopic (exact) mass is 381 g/mol. The average Bonchev–Trinajstić information content (AvgIpc) is 2.86. The summed E-state index contributed by atoms with van der Waals surface area (Å²) in [6, 6.07) is 12.7. The summed E-state index contributed by atoms with van der Waals surface area (Å²) in [5.41, 5.74) is 2.38. The van der Waals surface area contributed by atoms with E-state index in [-0.39, 0.29) is 11.7 Å². The van der Waals surface area contributed by atoms with Crippen LogP contribution in [0.2, 0.25) is 0 Å². The van der Waals surface area contributed by atoms with Crippen molar-refractivity contribution in [3.63, 3.8) is 0 Å². The predicted molar refractivity (Wildman–Crippen MR) is 107 cm³/mol. The van der Waals surface area contributed by atoms with E-state index in [2.05, 4.69) is 15.1 Å². The maximum absolute atomic E-state index is 14.5. The molecule has 0 unspecified atom stereocenters. The minimum absolute atomic E-state index is 0.0550. The summed E-state index contributed by atoms with van der Waals surface area (Å²) in [5, 5.41) is 2.84. The number of para-hydroxylation sites is 1. The molecule has 1 saturated heterocycles. The van der Waals surface area contributed by atoms with Crippen molar-refractivity contribution in [2.24, 2.45) is 0 Å². The van der Waals surface area contributed by atoms with Crippen LogP contribution < -0.4 is 10.1 Å². The van der Waals surface area contributed by atoms with Gasteiger partial charge in [0.1, 0.15) is 17.3 Å². The Bertz CT molecular complexity index is 904. The number of hydrogen-bond acceptors (Lipinski definition) is 4. The van der Waals surface area contributed by atoms with Crippen molar-refractivity contribution >= 4 is 17.7 Å². The molecule has 2 aliphatic heterocycles. The van der Waals surface area contributed by atoms with E-state index < -0.39 is 0 Å². The molecule has 0 aliphatic carbocycles. The molecule has 0 radical (unpaired) electrons. The second kappa shape index (κ2) is 8.02. The molecule has 1 N–H and O–H groups in total. The van der Waals surface area contributed by atoms with Crippen molar-refractivity contribution in [2.45, 2.75) is 6.92 Å². The van der Waals surface area contributed by atoms with E-state index in [0.717, 1.165) is 43.2 Å². The van der Waals surface area contributed by atoms with Crippen LogP contribution in [0.5, 0.6) is 11.5 Å². The number of carbonyl (C=O) groups is 1. The van der Waals surface area contributed by atoms with Crippen molar-refractivity contribution < 1.29 is 13.9 Å². The van der Waals surface area contributed by atoms with E-state index in [0.29, 0.717) is 24.4 Å². The molecule has 1 amide bonds. The molecular weight excluding hydrogens is 357 g/mol. The Morgan fingerprint density at radius 2 is 1.82 bits per heavy atom. The van der Waals surface area contributed by atoms with E-state index in [1.807, 2.05) is 37.3 Å². The van der Waals surface area contributed by atoms with Gasteiger partial charge in [0.2, 0.25) is 5.91 Å². The molecule has 0 spiro atoms. The SMILES string of the molecule is CCNC(=O)CN1CCN(C2=Cc3c(F)cccc3Oc3ccccc32)CC1. The molecule has 6 heteroatoms. The summed E-state index contributed by atoms with van der Waals surface area (Å²) in [6.45, 7) is 6.08. The lowest BCUT2D eigenvalue weighted by atomic mass is 10.1. The van der Waals surface area contributed by atoms with Crippen LogP contribution in [-0.4, -0.2) is 55.0 Å².